The second kappa shape index (κ2) is 9.12. The van der Waals surface area contributed by atoms with Crippen molar-refractivity contribution in [2.75, 3.05) is 7.05 Å². The molecule has 132 valence electrons. The van der Waals surface area contributed by atoms with Crippen molar-refractivity contribution in [2.45, 2.75) is 53.1 Å². The van der Waals surface area contributed by atoms with Gasteiger partial charge in [-0.2, -0.15) is 0 Å². The maximum Gasteiger partial charge on any atom is 0.328 e. The van der Waals surface area contributed by atoms with E-state index in [1.54, 1.807) is 13.8 Å². The van der Waals surface area contributed by atoms with Gasteiger partial charge in [-0.05, 0) is 18.3 Å². The molecule has 0 saturated carbocycles. The van der Waals surface area contributed by atoms with Crippen molar-refractivity contribution in [3.63, 3.8) is 0 Å². The van der Waals surface area contributed by atoms with E-state index in [0.717, 1.165) is 0 Å². The number of aliphatic carboxylic acids is 1. The molecule has 2 atom stereocenters. The standard InChI is InChI=1S/C15H28N4O4/c1-8(2)7-11(14(22)23)17-15(16)18-13(21)12(9(3)4)19(6)10(5)20/h8-9,11-12H,7H2,1-6H3,(H,22,23)(H3,16,17,18,21)/t11-,12-/m0/s1. The number of carboxylic acids is 1. The maximum atomic E-state index is 12.3. The Morgan fingerprint density at radius 1 is 1.22 bits per heavy atom. The normalized spacial score (nSPS) is 14.5. The van der Waals surface area contributed by atoms with Gasteiger partial charge in [-0.1, -0.05) is 27.7 Å². The quantitative estimate of drug-likeness (QED) is 0.461. The van der Waals surface area contributed by atoms with Crippen LogP contribution in [0.4, 0.5) is 0 Å². The Morgan fingerprint density at radius 2 is 1.74 bits per heavy atom. The molecule has 0 aliphatic rings. The van der Waals surface area contributed by atoms with Crippen LogP contribution in [0, 0.1) is 11.8 Å². The van der Waals surface area contributed by atoms with Gasteiger partial charge in [0.2, 0.25) is 11.8 Å². The fourth-order valence-corrected chi connectivity index (χ4v) is 2.18. The molecule has 0 rings (SSSR count). The van der Waals surface area contributed by atoms with Crippen LogP contribution in [0.5, 0.6) is 0 Å². The van der Waals surface area contributed by atoms with Crippen molar-refractivity contribution in [1.82, 2.24) is 10.2 Å². The van der Waals surface area contributed by atoms with Crippen molar-refractivity contribution in [3.8, 4) is 0 Å². The van der Waals surface area contributed by atoms with Crippen LogP contribution in [0.2, 0.25) is 0 Å². The summed E-state index contributed by atoms with van der Waals surface area (Å²) in [5.74, 6) is -2.12. The van der Waals surface area contributed by atoms with Crippen LogP contribution in [-0.4, -0.2) is 52.9 Å². The number of carbonyl (C=O) groups is 3. The second-order valence-electron chi connectivity index (χ2n) is 6.31. The Hall–Kier alpha value is -2.12. The first-order valence-electron chi connectivity index (χ1n) is 7.57. The number of hydrogen-bond acceptors (Lipinski definition) is 4. The highest BCUT2D eigenvalue weighted by Gasteiger charge is 2.29. The average Bonchev–Trinajstić information content (AvgIpc) is 2.36. The van der Waals surface area contributed by atoms with E-state index in [-0.39, 0.29) is 23.7 Å². The third kappa shape index (κ3) is 7.12. The highest BCUT2D eigenvalue weighted by Crippen LogP contribution is 2.10. The first-order valence-corrected chi connectivity index (χ1v) is 7.57. The molecule has 8 heteroatoms. The molecule has 0 bridgehead atoms. The van der Waals surface area contributed by atoms with Gasteiger partial charge >= 0.3 is 5.97 Å². The van der Waals surface area contributed by atoms with E-state index in [9.17, 15) is 14.4 Å². The Kier molecular flexibility index (Phi) is 8.28. The van der Waals surface area contributed by atoms with Crippen LogP contribution in [-0.2, 0) is 14.4 Å². The van der Waals surface area contributed by atoms with E-state index >= 15 is 0 Å². The zero-order chi connectivity index (χ0) is 18.3. The van der Waals surface area contributed by atoms with Crippen molar-refractivity contribution in [3.05, 3.63) is 0 Å². The second-order valence-corrected chi connectivity index (χ2v) is 6.31. The summed E-state index contributed by atoms with van der Waals surface area (Å²) < 4.78 is 0. The first-order chi connectivity index (χ1) is 10.5. The Bertz CT molecular complexity index is 474. The van der Waals surface area contributed by atoms with Gasteiger partial charge in [0.1, 0.15) is 6.04 Å². The number of likely N-dealkylation sites (N-methyl/N-ethyl adjacent to an activating group) is 1. The summed E-state index contributed by atoms with van der Waals surface area (Å²) in [4.78, 5) is 40.1. The lowest BCUT2D eigenvalue weighted by molar-refractivity contribution is -0.139. The molecule has 0 fully saturated rings. The summed E-state index contributed by atoms with van der Waals surface area (Å²) in [6.07, 6.45) is 0.312. The highest BCUT2D eigenvalue weighted by molar-refractivity contribution is 6.00. The van der Waals surface area contributed by atoms with Crippen molar-refractivity contribution < 1.29 is 19.5 Å². The van der Waals surface area contributed by atoms with Crippen molar-refractivity contribution in [1.29, 1.82) is 0 Å². The minimum absolute atomic E-state index is 0.121. The number of nitrogens with zero attached hydrogens (tertiary/aromatic N) is 2. The zero-order valence-corrected chi connectivity index (χ0v) is 14.7. The summed E-state index contributed by atoms with van der Waals surface area (Å²) in [5, 5.41) is 11.5. The molecule has 23 heavy (non-hydrogen) atoms. The van der Waals surface area contributed by atoms with Gasteiger partial charge in [-0.3, -0.25) is 14.9 Å². The molecule has 0 aliphatic heterocycles. The lowest BCUT2D eigenvalue weighted by Crippen LogP contribution is -2.53. The molecule has 0 unspecified atom stereocenters. The van der Waals surface area contributed by atoms with Crippen molar-refractivity contribution >= 4 is 23.7 Å². The van der Waals surface area contributed by atoms with Crippen molar-refractivity contribution in [2.24, 2.45) is 22.6 Å². The van der Waals surface area contributed by atoms with Gasteiger partial charge in [-0.25, -0.2) is 9.79 Å². The van der Waals surface area contributed by atoms with Gasteiger partial charge in [0.05, 0.1) is 0 Å². The van der Waals surface area contributed by atoms with Gasteiger partial charge in [0, 0.05) is 14.0 Å². The van der Waals surface area contributed by atoms with Gasteiger partial charge in [0.25, 0.3) is 0 Å². The molecule has 0 radical (unpaired) electrons. The monoisotopic (exact) mass is 328 g/mol. The minimum atomic E-state index is -1.10. The Morgan fingerprint density at radius 3 is 2.09 bits per heavy atom. The number of nitrogens with one attached hydrogen (secondary N) is 1. The third-order valence-electron chi connectivity index (χ3n) is 3.34. The molecule has 0 aromatic rings. The topological polar surface area (TPSA) is 125 Å². The molecule has 0 spiro atoms. The van der Waals surface area contributed by atoms with E-state index in [1.807, 2.05) is 13.8 Å². The number of guanidine groups is 1. The smallest absolute Gasteiger partial charge is 0.328 e. The van der Waals surface area contributed by atoms with Gasteiger partial charge in [-0.15, -0.1) is 0 Å². The van der Waals surface area contributed by atoms with Gasteiger partial charge in [0.15, 0.2) is 12.0 Å². The minimum Gasteiger partial charge on any atom is -0.480 e. The number of hydrogen-bond donors (Lipinski definition) is 3. The van der Waals surface area contributed by atoms with Crippen LogP contribution in [0.3, 0.4) is 0 Å². The zero-order valence-electron chi connectivity index (χ0n) is 14.7. The lowest BCUT2D eigenvalue weighted by atomic mass is 10.0. The van der Waals surface area contributed by atoms with E-state index < -0.39 is 24.0 Å². The summed E-state index contributed by atoms with van der Waals surface area (Å²) in [7, 11) is 1.53. The molecule has 0 aliphatic carbocycles. The largest absolute Gasteiger partial charge is 0.480 e. The predicted molar refractivity (Wildman–Crippen MR) is 87.7 cm³/mol. The first kappa shape index (κ1) is 20.9. The number of aliphatic imine (C=N–C) groups is 1. The summed E-state index contributed by atoms with van der Waals surface area (Å²) >= 11 is 0. The van der Waals surface area contributed by atoms with Gasteiger partial charge < -0.3 is 15.7 Å². The number of amides is 2. The molecule has 8 nitrogen and oxygen atoms in total. The van der Waals surface area contributed by atoms with Crippen LogP contribution in [0.15, 0.2) is 4.99 Å². The number of nitrogens with two attached hydrogens (primary N) is 1. The molecule has 0 aromatic heterocycles. The summed E-state index contributed by atoms with van der Waals surface area (Å²) in [6.45, 7) is 8.71. The van der Waals surface area contributed by atoms with Crippen LogP contribution >= 0.6 is 0 Å². The highest BCUT2D eigenvalue weighted by atomic mass is 16.4. The molecule has 0 aromatic carbocycles. The molecule has 0 heterocycles. The maximum absolute atomic E-state index is 12.3. The molecule has 0 saturated heterocycles. The fraction of sp³-hybridized carbons (Fsp3) is 0.733. The lowest BCUT2D eigenvalue weighted by Gasteiger charge is -2.29. The third-order valence-corrected chi connectivity index (χ3v) is 3.34. The Balaban J connectivity index is 5.12. The van der Waals surface area contributed by atoms with E-state index in [2.05, 4.69) is 10.3 Å². The molecular formula is C15H28N4O4. The van der Waals surface area contributed by atoms with E-state index in [1.165, 1.54) is 18.9 Å². The molecule has 4 N–H and O–H groups in total. The van der Waals surface area contributed by atoms with Crippen LogP contribution in [0.1, 0.15) is 41.0 Å². The number of rotatable bonds is 7. The summed E-state index contributed by atoms with van der Waals surface area (Å²) in [6, 6.07) is -1.73. The predicted octanol–water partition coefficient (Wildman–Crippen LogP) is 0.420. The van der Waals surface area contributed by atoms with E-state index in [4.69, 9.17) is 10.8 Å². The summed E-state index contributed by atoms with van der Waals surface area (Å²) in [5.41, 5.74) is 5.65. The number of carbonyl (C=O) groups excluding carboxylic acids is 2. The van der Waals surface area contributed by atoms with E-state index in [0.29, 0.717) is 6.42 Å². The van der Waals surface area contributed by atoms with Crippen LogP contribution in [0.25, 0.3) is 0 Å². The molecular weight excluding hydrogens is 300 g/mol. The average molecular weight is 328 g/mol. The fourth-order valence-electron chi connectivity index (χ4n) is 2.18. The van der Waals surface area contributed by atoms with Crippen LogP contribution < -0.4 is 11.1 Å². The SMILES string of the molecule is CC(=O)N(C)[C@H](C(=O)NC(N)=N[C@@H](CC(C)C)C(=O)O)C(C)C. The Labute approximate surface area is 137 Å². The molecule has 2 amide bonds. The number of carboxylic acid groups (broad SMARTS) is 1.